The minimum Gasteiger partial charge on any atom is -0.465 e. The summed E-state index contributed by atoms with van der Waals surface area (Å²) >= 11 is 1.53. The lowest BCUT2D eigenvalue weighted by Gasteiger charge is -2.06. The Morgan fingerprint density at radius 2 is 2.24 bits per heavy atom. The highest BCUT2D eigenvalue weighted by atomic mass is 32.1. The van der Waals surface area contributed by atoms with Gasteiger partial charge in [-0.1, -0.05) is 0 Å². The van der Waals surface area contributed by atoms with Crippen molar-refractivity contribution in [2.45, 2.75) is 20.4 Å². The molecule has 1 aromatic heterocycles. The number of ether oxygens (including phenoxy) is 1. The molecule has 0 radical (unpaired) electrons. The van der Waals surface area contributed by atoms with Crippen molar-refractivity contribution >= 4 is 28.9 Å². The Morgan fingerprint density at radius 1 is 1.47 bits per heavy atom. The van der Waals surface area contributed by atoms with E-state index < -0.39 is 0 Å². The Balaban J connectivity index is 2.38. The first-order chi connectivity index (χ1) is 8.13. The van der Waals surface area contributed by atoms with Crippen molar-refractivity contribution < 1.29 is 14.3 Å². The van der Waals surface area contributed by atoms with Gasteiger partial charge in [0.1, 0.15) is 0 Å². The molecule has 0 bridgehead atoms. The van der Waals surface area contributed by atoms with Crippen LogP contribution in [0.3, 0.4) is 0 Å². The summed E-state index contributed by atoms with van der Waals surface area (Å²) in [6.45, 7) is 4.33. The van der Waals surface area contributed by atoms with E-state index in [-0.39, 0.29) is 18.4 Å². The second-order valence-corrected chi connectivity index (χ2v) is 4.35. The lowest BCUT2D eigenvalue weighted by molar-refractivity contribution is -0.142. The second kappa shape index (κ2) is 7.03. The van der Waals surface area contributed by atoms with Gasteiger partial charge in [0.25, 0.3) is 0 Å². The number of thiophene rings is 1. The van der Waals surface area contributed by atoms with Gasteiger partial charge in [-0.25, -0.2) is 0 Å². The van der Waals surface area contributed by atoms with Crippen LogP contribution in [0.1, 0.15) is 18.7 Å². The van der Waals surface area contributed by atoms with Crippen molar-refractivity contribution in [2.24, 2.45) is 0 Å². The first-order valence-corrected chi connectivity index (χ1v) is 6.21. The fourth-order valence-corrected chi connectivity index (χ4v) is 2.07. The van der Waals surface area contributed by atoms with Gasteiger partial charge in [0.15, 0.2) is 0 Å². The van der Waals surface area contributed by atoms with Crippen LogP contribution in [-0.2, 0) is 20.9 Å². The summed E-state index contributed by atoms with van der Waals surface area (Å²) in [5, 5.41) is 7.60. The standard InChI is InChI=1S/C11H16N2O3S/c1-3-16-11(15)7-12-6-10-9(4-5-17-10)13-8(2)14/h4-5,12H,3,6-7H2,1-2H3,(H,13,14). The third-order valence-electron chi connectivity index (χ3n) is 1.92. The van der Waals surface area contributed by atoms with Crippen LogP contribution in [0, 0.1) is 0 Å². The summed E-state index contributed by atoms with van der Waals surface area (Å²) in [5.41, 5.74) is 0.791. The van der Waals surface area contributed by atoms with E-state index in [4.69, 9.17) is 4.74 Å². The monoisotopic (exact) mass is 256 g/mol. The third-order valence-corrected chi connectivity index (χ3v) is 2.84. The molecule has 0 atom stereocenters. The maximum Gasteiger partial charge on any atom is 0.319 e. The molecule has 94 valence electrons. The zero-order valence-electron chi connectivity index (χ0n) is 9.91. The lowest BCUT2D eigenvalue weighted by atomic mass is 10.3. The van der Waals surface area contributed by atoms with E-state index in [0.717, 1.165) is 10.6 Å². The lowest BCUT2D eigenvalue weighted by Crippen LogP contribution is -2.24. The first kappa shape index (κ1) is 13.7. The topological polar surface area (TPSA) is 67.4 Å². The molecule has 5 nitrogen and oxygen atoms in total. The van der Waals surface area contributed by atoms with Crippen LogP contribution < -0.4 is 10.6 Å². The molecule has 1 heterocycles. The maximum atomic E-state index is 11.1. The summed E-state index contributed by atoms with van der Waals surface area (Å²) in [6, 6.07) is 1.84. The van der Waals surface area contributed by atoms with Gasteiger partial charge >= 0.3 is 5.97 Å². The Kier molecular flexibility index (Phi) is 5.65. The molecular weight excluding hydrogens is 240 g/mol. The Morgan fingerprint density at radius 3 is 2.88 bits per heavy atom. The van der Waals surface area contributed by atoms with Gasteiger partial charge in [0.05, 0.1) is 18.8 Å². The van der Waals surface area contributed by atoms with Gasteiger partial charge in [0.2, 0.25) is 5.91 Å². The summed E-state index contributed by atoms with van der Waals surface area (Å²) < 4.78 is 4.79. The van der Waals surface area contributed by atoms with Crippen LogP contribution in [0.25, 0.3) is 0 Å². The number of esters is 1. The Bertz CT molecular complexity index is 390. The number of hydrogen-bond donors (Lipinski definition) is 2. The van der Waals surface area contributed by atoms with Gasteiger partial charge in [-0.05, 0) is 18.4 Å². The number of carbonyl (C=O) groups is 2. The van der Waals surface area contributed by atoms with Crippen molar-refractivity contribution in [3.63, 3.8) is 0 Å². The predicted molar refractivity (Wildman–Crippen MR) is 67.0 cm³/mol. The molecule has 0 aromatic carbocycles. The first-order valence-electron chi connectivity index (χ1n) is 5.33. The van der Waals surface area contributed by atoms with Gasteiger partial charge in [0, 0.05) is 18.3 Å². The predicted octanol–water partition coefficient (Wildman–Crippen LogP) is 1.36. The van der Waals surface area contributed by atoms with Crippen LogP contribution >= 0.6 is 11.3 Å². The molecule has 0 spiro atoms. The molecule has 0 aliphatic carbocycles. The minimum absolute atomic E-state index is 0.102. The van der Waals surface area contributed by atoms with E-state index in [1.165, 1.54) is 18.3 Å². The molecule has 2 N–H and O–H groups in total. The Hall–Kier alpha value is -1.40. The van der Waals surface area contributed by atoms with E-state index in [0.29, 0.717) is 13.2 Å². The van der Waals surface area contributed by atoms with Crippen molar-refractivity contribution in [1.29, 1.82) is 0 Å². The van der Waals surface area contributed by atoms with E-state index >= 15 is 0 Å². The van der Waals surface area contributed by atoms with E-state index in [9.17, 15) is 9.59 Å². The highest BCUT2D eigenvalue weighted by Crippen LogP contribution is 2.21. The van der Waals surface area contributed by atoms with E-state index in [2.05, 4.69) is 10.6 Å². The molecule has 0 saturated carbocycles. The second-order valence-electron chi connectivity index (χ2n) is 3.35. The maximum absolute atomic E-state index is 11.1. The average molecular weight is 256 g/mol. The van der Waals surface area contributed by atoms with Crippen LogP contribution in [0.2, 0.25) is 0 Å². The highest BCUT2D eigenvalue weighted by molar-refractivity contribution is 7.10. The van der Waals surface area contributed by atoms with Crippen molar-refractivity contribution in [2.75, 3.05) is 18.5 Å². The molecule has 0 unspecified atom stereocenters. The summed E-state index contributed by atoms with van der Waals surface area (Å²) in [6.07, 6.45) is 0. The summed E-state index contributed by atoms with van der Waals surface area (Å²) in [5.74, 6) is -0.375. The number of anilines is 1. The third kappa shape index (κ3) is 4.97. The molecule has 0 saturated heterocycles. The van der Waals surface area contributed by atoms with Crippen molar-refractivity contribution in [3.8, 4) is 0 Å². The number of nitrogens with one attached hydrogen (secondary N) is 2. The minimum atomic E-state index is -0.273. The summed E-state index contributed by atoms with van der Waals surface area (Å²) in [4.78, 5) is 23.0. The normalized spacial score (nSPS) is 10.0. The number of carbonyl (C=O) groups excluding carboxylic acids is 2. The van der Waals surface area contributed by atoms with Crippen molar-refractivity contribution in [1.82, 2.24) is 5.32 Å². The molecule has 0 aliphatic heterocycles. The smallest absolute Gasteiger partial charge is 0.319 e. The molecule has 6 heteroatoms. The molecule has 0 aliphatic rings. The zero-order chi connectivity index (χ0) is 12.7. The van der Waals surface area contributed by atoms with Crippen LogP contribution in [0.15, 0.2) is 11.4 Å². The van der Waals surface area contributed by atoms with Gasteiger partial charge in [-0.15, -0.1) is 11.3 Å². The summed E-state index contributed by atoms with van der Waals surface area (Å²) in [7, 11) is 0. The largest absolute Gasteiger partial charge is 0.465 e. The molecule has 1 aromatic rings. The van der Waals surface area contributed by atoms with E-state index in [1.807, 2.05) is 11.4 Å². The molecule has 1 rings (SSSR count). The van der Waals surface area contributed by atoms with Gasteiger partial charge in [-0.2, -0.15) is 0 Å². The van der Waals surface area contributed by atoms with Crippen LogP contribution in [0.4, 0.5) is 5.69 Å². The fraction of sp³-hybridized carbons (Fsp3) is 0.455. The molecule has 0 fully saturated rings. The molecule has 17 heavy (non-hydrogen) atoms. The van der Waals surface area contributed by atoms with Gasteiger partial charge < -0.3 is 15.4 Å². The quantitative estimate of drug-likeness (QED) is 0.754. The zero-order valence-corrected chi connectivity index (χ0v) is 10.7. The average Bonchev–Trinajstić information content (AvgIpc) is 2.65. The SMILES string of the molecule is CCOC(=O)CNCc1sccc1NC(C)=O. The van der Waals surface area contributed by atoms with Crippen molar-refractivity contribution in [3.05, 3.63) is 16.3 Å². The molecular formula is C11H16N2O3S. The number of amides is 1. The van der Waals surface area contributed by atoms with Gasteiger partial charge in [-0.3, -0.25) is 9.59 Å². The van der Waals surface area contributed by atoms with E-state index in [1.54, 1.807) is 6.92 Å². The fourth-order valence-electron chi connectivity index (χ4n) is 1.27. The van der Waals surface area contributed by atoms with Crippen LogP contribution in [-0.4, -0.2) is 25.0 Å². The number of hydrogen-bond acceptors (Lipinski definition) is 5. The highest BCUT2D eigenvalue weighted by Gasteiger charge is 2.06. The molecule has 1 amide bonds. The number of rotatable bonds is 6. The van der Waals surface area contributed by atoms with Crippen LogP contribution in [0.5, 0.6) is 0 Å². The Labute approximate surface area is 104 Å².